The van der Waals surface area contributed by atoms with E-state index in [2.05, 4.69) is 25.3 Å². The van der Waals surface area contributed by atoms with Crippen molar-refractivity contribution in [2.75, 3.05) is 75.8 Å². The van der Waals surface area contributed by atoms with Crippen molar-refractivity contribution in [3.63, 3.8) is 0 Å². The maximum atomic E-state index is 12.5. The lowest BCUT2D eigenvalue weighted by atomic mass is 10.1. The van der Waals surface area contributed by atoms with E-state index in [4.69, 9.17) is 4.74 Å². The predicted octanol–water partition coefficient (Wildman–Crippen LogP) is 1.38. The average Bonchev–Trinajstić information content (AvgIpc) is 2.92. The van der Waals surface area contributed by atoms with E-state index in [1.807, 2.05) is 45.0 Å². The van der Waals surface area contributed by atoms with E-state index >= 15 is 0 Å². The van der Waals surface area contributed by atoms with Crippen molar-refractivity contribution in [1.29, 1.82) is 0 Å². The summed E-state index contributed by atoms with van der Waals surface area (Å²) in [6.45, 7) is 13.4. The second-order valence-electron chi connectivity index (χ2n) is 9.40. The molecule has 2 amide bonds. The van der Waals surface area contributed by atoms with Crippen molar-refractivity contribution >= 4 is 23.2 Å². The Morgan fingerprint density at radius 3 is 2.03 bits per heavy atom. The lowest BCUT2D eigenvalue weighted by Crippen LogP contribution is -2.46. The standard InChI is InChI=1S/C23H37N5O3/c1-23(2,3)25-22(30)18-27-10-4-9-26(11-12-27)17-21(29)24-19-5-7-20(8-6-19)28-13-15-31-16-14-28/h5-8H,4,9-18H2,1-3H3,(H,24,29)(H,25,30). The quantitative estimate of drug-likeness (QED) is 0.709. The fraction of sp³-hybridized carbons (Fsp3) is 0.652. The number of anilines is 2. The monoisotopic (exact) mass is 431 g/mol. The molecular weight excluding hydrogens is 394 g/mol. The van der Waals surface area contributed by atoms with Crippen molar-refractivity contribution in [2.45, 2.75) is 32.7 Å². The van der Waals surface area contributed by atoms with Gasteiger partial charge >= 0.3 is 0 Å². The highest BCUT2D eigenvalue weighted by molar-refractivity contribution is 5.92. The van der Waals surface area contributed by atoms with Crippen LogP contribution in [0.1, 0.15) is 27.2 Å². The van der Waals surface area contributed by atoms with Crippen molar-refractivity contribution < 1.29 is 14.3 Å². The average molecular weight is 432 g/mol. The Morgan fingerprint density at radius 1 is 0.871 bits per heavy atom. The fourth-order valence-electron chi connectivity index (χ4n) is 3.98. The minimum absolute atomic E-state index is 0.00181. The van der Waals surface area contributed by atoms with Crippen molar-refractivity contribution in [2.24, 2.45) is 0 Å². The summed E-state index contributed by atoms with van der Waals surface area (Å²) in [4.78, 5) is 31.4. The van der Waals surface area contributed by atoms with Crippen LogP contribution >= 0.6 is 0 Å². The van der Waals surface area contributed by atoms with E-state index in [1.54, 1.807) is 0 Å². The first kappa shape index (κ1) is 23.5. The Kier molecular flexibility index (Phi) is 8.28. The number of carbonyl (C=O) groups is 2. The molecule has 172 valence electrons. The molecule has 1 aromatic rings. The van der Waals surface area contributed by atoms with Crippen LogP contribution in [-0.4, -0.2) is 92.7 Å². The number of hydrogen-bond acceptors (Lipinski definition) is 6. The van der Waals surface area contributed by atoms with Gasteiger partial charge in [0.25, 0.3) is 0 Å². The highest BCUT2D eigenvalue weighted by Crippen LogP contribution is 2.19. The van der Waals surface area contributed by atoms with Crippen LogP contribution in [0.15, 0.2) is 24.3 Å². The summed E-state index contributed by atoms with van der Waals surface area (Å²) in [6, 6.07) is 8.02. The molecule has 2 heterocycles. The van der Waals surface area contributed by atoms with Gasteiger partial charge in [-0.2, -0.15) is 0 Å². The molecule has 0 bridgehead atoms. The molecule has 2 aliphatic heterocycles. The minimum Gasteiger partial charge on any atom is -0.378 e. The van der Waals surface area contributed by atoms with Gasteiger partial charge in [0.1, 0.15) is 0 Å². The molecule has 8 heteroatoms. The lowest BCUT2D eigenvalue weighted by Gasteiger charge is -2.29. The zero-order valence-electron chi connectivity index (χ0n) is 19.2. The van der Waals surface area contributed by atoms with Gasteiger partial charge in [0.15, 0.2) is 0 Å². The van der Waals surface area contributed by atoms with Crippen LogP contribution < -0.4 is 15.5 Å². The molecular formula is C23H37N5O3. The molecule has 0 aromatic heterocycles. The van der Waals surface area contributed by atoms with Gasteiger partial charge in [-0.3, -0.25) is 19.4 Å². The summed E-state index contributed by atoms with van der Waals surface area (Å²) in [5.41, 5.74) is 1.76. The molecule has 0 spiro atoms. The van der Waals surface area contributed by atoms with Crippen molar-refractivity contribution in [3.05, 3.63) is 24.3 Å². The lowest BCUT2D eigenvalue weighted by molar-refractivity contribution is -0.123. The summed E-state index contributed by atoms with van der Waals surface area (Å²) in [5, 5.41) is 6.02. The highest BCUT2D eigenvalue weighted by atomic mass is 16.5. The van der Waals surface area contributed by atoms with Crippen LogP contribution in [0, 0.1) is 0 Å². The fourth-order valence-corrected chi connectivity index (χ4v) is 3.98. The van der Waals surface area contributed by atoms with E-state index < -0.39 is 0 Å². The zero-order valence-corrected chi connectivity index (χ0v) is 19.2. The normalized spacial score (nSPS) is 19.0. The number of hydrogen-bond donors (Lipinski definition) is 2. The van der Waals surface area contributed by atoms with E-state index in [1.165, 1.54) is 0 Å². The number of ether oxygens (including phenoxy) is 1. The van der Waals surface area contributed by atoms with Gasteiger partial charge in [0.2, 0.25) is 11.8 Å². The van der Waals surface area contributed by atoms with Gasteiger partial charge in [0, 0.05) is 43.1 Å². The van der Waals surface area contributed by atoms with E-state index in [0.29, 0.717) is 13.1 Å². The van der Waals surface area contributed by atoms with Crippen LogP contribution in [0.25, 0.3) is 0 Å². The molecule has 3 rings (SSSR count). The van der Waals surface area contributed by atoms with E-state index in [-0.39, 0.29) is 17.4 Å². The number of benzene rings is 1. The maximum absolute atomic E-state index is 12.5. The first-order valence-electron chi connectivity index (χ1n) is 11.3. The topological polar surface area (TPSA) is 77.2 Å². The van der Waals surface area contributed by atoms with Gasteiger partial charge in [-0.15, -0.1) is 0 Å². The molecule has 0 unspecified atom stereocenters. The Labute approximate surface area is 185 Å². The molecule has 31 heavy (non-hydrogen) atoms. The SMILES string of the molecule is CC(C)(C)NC(=O)CN1CCCN(CC(=O)Nc2ccc(N3CCOCC3)cc2)CC1. The van der Waals surface area contributed by atoms with Crippen LogP contribution in [0.3, 0.4) is 0 Å². The minimum atomic E-state index is -0.215. The predicted molar refractivity (Wildman–Crippen MR) is 123 cm³/mol. The Balaban J connectivity index is 1.41. The highest BCUT2D eigenvalue weighted by Gasteiger charge is 2.21. The summed E-state index contributed by atoms with van der Waals surface area (Å²) < 4.78 is 5.40. The molecule has 0 saturated carbocycles. The third-order valence-corrected chi connectivity index (χ3v) is 5.46. The molecule has 0 radical (unpaired) electrons. The number of amides is 2. The smallest absolute Gasteiger partial charge is 0.238 e. The first-order valence-corrected chi connectivity index (χ1v) is 11.3. The van der Waals surface area contributed by atoms with Gasteiger partial charge < -0.3 is 20.3 Å². The zero-order chi connectivity index (χ0) is 22.3. The number of carbonyl (C=O) groups excluding carboxylic acids is 2. The molecule has 2 fully saturated rings. The first-order chi connectivity index (χ1) is 14.8. The Morgan fingerprint density at radius 2 is 1.45 bits per heavy atom. The molecule has 0 aliphatic carbocycles. The molecule has 8 nitrogen and oxygen atoms in total. The summed E-state index contributed by atoms with van der Waals surface area (Å²) in [6.07, 6.45) is 0.949. The van der Waals surface area contributed by atoms with Crippen LogP contribution in [0.2, 0.25) is 0 Å². The molecule has 2 aliphatic rings. The molecule has 1 aromatic carbocycles. The van der Waals surface area contributed by atoms with Gasteiger partial charge in [0.05, 0.1) is 26.3 Å². The largest absolute Gasteiger partial charge is 0.378 e. The number of nitrogens with one attached hydrogen (secondary N) is 2. The summed E-state index contributed by atoms with van der Waals surface area (Å²) >= 11 is 0. The molecule has 2 N–H and O–H groups in total. The summed E-state index contributed by atoms with van der Waals surface area (Å²) in [5.74, 6) is 0.0530. The second kappa shape index (κ2) is 10.9. The van der Waals surface area contributed by atoms with E-state index in [0.717, 1.165) is 70.3 Å². The Bertz CT molecular complexity index is 726. The van der Waals surface area contributed by atoms with Crippen molar-refractivity contribution in [1.82, 2.24) is 15.1 Å². The van der Waals surface area contributed by atoms with Crippen LogP contribution in [0.4, 0.5) is 11.4 Å². The van der Waals surface area contributed by atoms with Gasteiger partial charge in [-0.1, -0.05) is 0 Å². The third-order valence-electron chi connectivity index (χ3n) is 5.46. The number of morpholine rings is 1. The Hall–Kier alpha value is -2.16. The van der Waals surface area contributed by atoms with Crippen LogP contribution in [0.5, 0.6) is 0 Å². The maximum Gasteiger partial charge on any atom is 0.238 e. The molecule has 0 atom stereocenters. The van der Waals surface area contributed by atoms with Crippen LogP contribution in [-0.2, 0) is 14.3 Å². The third kappa shape index (κ3) is 8.12. The number of rotatable bonds is 6. The van der Waals surface area contributed by atoms with Crippen molar-refractivity contribution in [3.8, 4) is 0 Å². The number of nitrogens with zero attached hydrogens (tertiary/aromatic N) is 3. The summed E-state index contributed by atoms with van der Waals surface area (Å²) in [7, 11) is 0. The van der Waals surface area contributed by atoms with Gasteiger partial charge in [-0.05, 0) is 64.5 Å². The molecule has 2 saturated heterocycles. The van der Waals surface area contributed by atoms with Gasteiger partial charge in [-0.25, -0.2) is 0 Å². The van der Waals surface area contributed by atoms with E-state index in [9.17, 15) is 9.59 Å². The second-order valence-corrected chi connectivity index (χ2v) is 9.40.